The minimum absolute atomic E-state index is 0.131. The molecule has 0 aromatic carbocycles. The lowest BCUT2D eigenvalue weighted by Gasteiger charge is -2.35. The number of hydrogen-bond donors (Lipinski definition) is 1. The third-order valence-electron chi connectivity index (χ3n) is 3.80. The van der Waals surface area contributed by atoms with E-state index >= 15 is 0 Å². The lowest BCUT2D eigenvalue weighted by atomic mass is 10.2. The average Bonchev–Trinajstić information content (AvgIpc) is 2.86. The number of nitrogens with zero attached hydrogens (tertiary/aromatic N) is 4. The summed E-state index contributed by atoms with van der Waals surface area (Å²) in [5.74, 6) is 0. The lowest BCUT2D eigenvalue weighted by molar-refractivity contribution is -0.0678. The van der Waals surface area contributed by atoms with Crippen LogP contribution in [0, 0.1) is 6.92 Å². The molecule has 0 aliphatic carbocycles. The van der Waals surface area contributed by atoms with Gasteiger partial charge in [0.15, 0.2) is 0 Å². The van der Waals surface area contributed by atoms with Gasteiger partial charge in [-0.05, 0) is 27.2 Å². The van der Waals surface area contributed by atoms with Crippen molar-refractivity contribution in [3.63, 3.8) is 0 Å². The van der Waals surface area contributed by atoms with Gasteiger partial charge in [0.05, 0.1) is 12.2 Å². The monoisotopic (exact) mass is 337 g/mol. The Bertz CT molecular complexity index is 718. The first-order valence-electron chi connectivity index (χ1n) is 8.00. The van der Waals surface area contributed by atoms with E-state index in [-0.39, 0.29) is 5.56 Å². The molecule has 126 valence electrons. The molecule has 0 unspecified atom stereocenters. The minimum atomic E-state index is -0.131. The standard InChI is InChI=1S/C15H23N5O2S/c1-10-7-13(21)20-15(17-10)23-14(18-20)16-5-4-6-19-8-11(2)22-12(3)9-19/h7,11-12H,4-6,8-9H2,1-3H3,(H,16,18)/t11-,12-/m0/s1. The highest BCUT2D eigenvalue weighted by Crippen LogP contribution is 2.16. The molecule has 7 nitrogen and oxygen atoms in total. The van der Waals surface area contributed by atoms with E-state index in [1.54, 1.807) is 0 Å². The van der Waals surface area contributed by atoms with Crippen molar-refractivity contribution in [3.05, 3.63) is 22.1 Å². The number of aryl methyl sites for hydroxylation is 1. The van der Waals surface area contributed by atoms with Crippen molar-refractivity contribution in [2.75, 3.05) is 31.5 Å². The Hall–Kier alpha value is -1.51. The Morgan fingerprint density at radius 2 is 2.13 bits per heavy atom. The van der Waals surface area contributed by atoms with Crippen LogP contribution in [0.25, 0.3) is 4.96 Å². The molecule has 0 radical (unpaired) electrons. The van der Waals surface area contributed by atoms with E-state index in [4.69, 9.17) is 4.74 Å². The second kappa shape index (κ2) is 6.94. The number of fused-ring (bicyclic) bond motifs is 1. The zero-order valence-electron chi connectivity index (χ0n) is 13.8. The molecule has 3 heterocycles. The van der Waals surface area contributed by atoms with Crippen molar-refractivity contribution >= 4 is 21.4 Å². The fraction of sp³-hybridized carbons (Fsp3) is 0.667. The smallest absolute Gasteiger partial charge is 0.275 e. The molecule has 2 aromatic rings. The van der Waals surface area contributed by atoms with Gasteiger partial charge in [0, 0.05) is 37.9 Å². The molecule has 1 N–H and O–H groups in total. The minimum Gasteiger partial charge on any atom is -0.373 e. The topological polar surface area (TPSA) is 71.8 Å². The zero-order chi connectivity index (χ0) is 16.4. The predicted molar refractivity (Wildman–Crippen MR) is 91.4 cm³/mol. The molecule has 2 atom stereocenters. The normalized spacial score (nSPS) is 22.6. The number of morpholine rings is 1. The van der Waals surface area contributed by atoms with E-state index in [1.807, 2.05) is 6.92 Å². The van der Waals surface area contributed by atoms with Crippen molar-refractivity contribution in [1.82, 2.24) is 19.5 Å². The van der Waals surface area contributed by atoms with Gasteiger partial charge in [-0.1, -0.05) is 11.3 Å². The van der Waals surface area contributed by atoms with Gasteiger partial charge < -0.3 is 10.1 Å². The zero-order valence-corrected chi connectivity index (χ0v) is 14.6. The number of rotatable bonds is 5. The van der Waals surface area contributed by atoms with Crippen LogP contribution in [0.15, 0.2) is 10.9 Å². The molecule has 1 aliphatic heterocycles. The quantitative estimate of drug-likeness (QED) is 0.831. The van der Waals surface area contributed by atoms with Crippen LogP contribution in [-0.4, -0.2) is 57.9 Å². The molecule has 2 aromatic heterocycles. The molecule has 3 rings (SSSR count). The summed E-state index contributed by atoms with van der Waals surface area (Å²) in [6, 6.07) is 1.50. The molecule has 0 bridgehead atoms. The van der Waals surface area contributed by atoms with E-state index < -0.39 is 0 Å². The Kier molecular flexibility index (Phi) is 4.93. The van der Waals surface area contributed by atoms with Crippen molar-refractivity contribution in [2.24, 2.45) is 0 Å². The molecule has 23 heavy (non-hydrogen) atoms. The van der Waals surface area contributed by atoms with Crippen LogP contribution in [0.5, 0.6) is 0 Å². The number of anilines is 1. The predicted octanol–water partition coefficient (Wildman–Crippen LogP) is 1.37. The first-order chi connectivity index (χ1) is 11.0. The first kappa shape index (κ1) is 16.4. The molecule has 0 saturated carbocycles. The summed E-state index contributed by atoms with van der Waals surface area (Å²) in [5, 5.41) is 8.31. The van der Waals surface area contributed by atoms with Gasteiger partial charge in [0.1, 0.15) is 0 Å². The Balaban J connectivity index is 1.51. The van der Waals surface area contributed by atoms with Gasteiger partial charge in [0.25, 0.3) is 5.56 Å². The average molecular weight is 337 g/mol. The lowest BCUT2D eigenvalue weighted by Crippen LogP contribution is -2.45. The van der Waals surface area contributed by atoms with Crippen LogP contribution in [0.2, 0.25) is 0 Å². The summed E-state index contributed by atoms with van der Waals surface area (Å²) >= 11 is 1.41. The highest BCUT2D eigenvalue weighted by molar-refractivity contribution is 7.20. The second-order valence-corrected chi connectivity index (χ2v) is 7.09. The van der Waals surface area contributed by atoms with Crippen molar-refractivity contribution < 1.29 is 4.74 Å². The summed E-state index contributed by atoms with van der Waals surface area (Å²) in [6.07, 6.45) is 1.63. The third kappa shape index (κ3) is 4.07. The fourth-order valence-corrected chi connectivity index (χ4v) is 3.83. The first-order valence-corrected chi connectivity index (χ1v) is 8.82. The molecule has 0 amide bonds. The van der Waals surface area contributed by atoms with Gasteiger partial charge in [0.2, 0.25) is 10.1 Å². The maximum absolute atomic E-state index is 11.8. The molecule has 1 saturated heterocycles. The van der Waals surface area contributed by atoms with Crippen LogP contribution < -0.4 is 10.9 Å². The summed E-state index contributed by atoms with van der Waals surface area (Å²) in [6.45, 7) is 9.90. The van der Waals surface area contributed by atoms with Crippen LogP contribution in [0.1, 0.15) is 26.0 Å². The van der Waals surface area contributed by atoms with Gasteiger partial charge in [-0.2, -0.15) is 4.52 Å². The van der Waals surface area contributed by atoms with E-state index in [2.05, 4.69) is 34.1 Å². The molecule has 1 aliphatic rings. The van der Waals surface area contributed by atoms with Crippen LogP contribution in [-0.2, 0) is 4.74 Å². The molecular formula is C15H23N5O2S. The Labute approximate surface area is 139 Å². The van der Waals surface area contributed by atoms with Crippen molar-refractivity contribution in [2.45, 2.75) is 39.4 Å². The number of nitrogens with one attached hydrogen (secondary N) is 1. The van der Waals surface area contributed by atoms with Crippen molar-refractivity contribution in [3.8, 4) is 0 Å². The highest BCUT2D eigenvalue weighted by Gasteiger charge is 2.21. The summed E-state index contributed by atoms with van der Waals surface area (Å²) < 4.78 is 7.09. The van der Waals surface area contributed by atoms with Gasteiger partial charge in [-0.15, -0.1) is 5.10 Å². The maximum Gasteiger partial charge on any atom is 0.275 e. The molecular weight excluding hydrogens is 314 g/mol. The molecule has 0 spiro atoms. The van der Waals surface area contributed by atoms with Crippen LogP contribution in [0.4, 0.5) is 5.13 Å². The van der Waals surface area contributed by atoms with Crippen LogP contribution in [0.3, 0.4) is 0 Å². The SMILES string of the molecule is Cc1cc(=O)n2nc(NCCCN3C[C@H](C)O[C@@H](C)C3)sc2n1. The fourth-order valence-electron chi connectivity index (χ4n) is 2.96. The summed E-state index contributed by atoms with van der Waals surface area (Å²) in [7, 11) is 0. The molecule has 8 heteroatoms. The van der Waals surface area contributed by atoms with Gasteiger partial charge in [-0.25, -0.2) is 4.98 Å². The Morgan fingerprint density at radius 3 is 2.87 bits per heavy atom. The van der Waals surface area contributed by atoms with Gasteiger partial charge >= 0.3 is 0 Å². The number of hydrogen-bond acceptors (Lipinski definition) is 7. The van der Waals surface area contributed by atoms with Gasteiger partial charge in [-0.3, -0.25) is 9.69 Å². The largest absolute Gasteiger partial charge is 0.373 e. The Morgan fingerprint density at radius 1 is 1.39 bits per heavy atom. The molecule has 1 fully saturated rings. The van der Waals surface area contributed by atoms with E-state index in [0.717, 1.165) is 43.4 Å². The number of aromatic nitrogens is 3. The third-order valence-corrected chi connectivity index (χ3v) is 4.66. The van der Waals surface area contributed by atoms with Crippen molar-refractivity contribution in [1.29, 1.82) is 0 Å². The number of ether oxygens (including phenoxy) is 1. The maximum atomic E-state index is 11.8. The van der Waals surface area contributed by atoms with E-state index in [0.29, 0.717) is 17.2 Å². The summed E-state index contributed by atoms with van der Waals surface area (Å²) in [4.78, 5) is 19.2. The van der Waals surface area contributed by atoms with E-state index in [1.165, 1.54) is 21.9 Å². The van der Waals surface area contributed by atoms with E-state index in [9.17, 15) is 4.79 Å². The summed E-state index contributed by atoms with van der Waals surface area (Å²) in [5.41, 5.74) is 0.592. The second-order valence-electron chi connectivity index (χ2n) is 6.13. The highest BCUT2D eigenvalue weighted by atomic mass is 32.1. The van der Waals surface area contributed by atoms with Crippen LogP contribution >= 0.6 is 11.3 Å².